The van der Waals surface area contributed by atoms with Crippen molar-refractivity contribution >= 4 is 23.8 Å². The van der Waals surface area contributed by atoms with Gasteiger partial charge in [0.2, 0.25) is 0 Å². The van der Waals surface area contributed by atoms with Gasteiger partial charge in [0.05, 0.1) is 11.4 Å². The van der Waals surface area contributed by atoms with Crippen molar-refractivity contribution in [2.24, 2.45) is 9.98 Å². The minimum Gasteiger partial charge on any atom is -0.259 e. The van der Waals surface area contributed by atoms with E-state index in [1.165, 1.54) is 0 Å². The highest BCUT2D eigenvalue weighted by molar-refractivity contribution is 5.72. The zero-order chi connectivity index (χ0) is 8.81. The first-order chi connectivity index (χ1) is 5.88. The number of nitrogens with zero attached hydrogens (tertiary/aromatic N) is 2. The second-order valence-electron chi connectivity index (χ2n) is 2.26. The maximum Gasteiger partial charge on any atom is 0.0881 e. The Hall–Kier alpha value is -1.44. The molecule has 1 aromatic carbocycles. The van der Waals surface area contributed by atoms with E-state index >= 15 is 0 Å². The highest BCUT2D eigenvalue weighted by Crippen LogP contribution is 2.26. The van der Waals surface area contributed by atoms with Crippen LogP contribution in [0, 0.1) is 0 Å². The van der Waals surface area contributed by atoms with Crippen molar-refractivity contribution in [2.75, 3.05) is 0 Å². The van der Waals surface area contributed by atoms with Gasteiger partial charge in [0, 0.05) is 12.4 Å². The van der Waals surface area contributed by atoms with E-state index in [2.05, 4.69) is 9.98 Å². The first kappa shape index (κ1) is 8.65. The summed E-state index contributed by atoms with van der Waals surface area (Å²) in [4.78, 5) is 8.37. The van der Waals surface area contributed by atoms with Gasteiger partial charge < -0.3 is 0 Å². The normalized spacial score (nSPS) is 11.5. The largest absolute Gasteiger partial charge is 0.259 e. The number of hydrogen-bond donors (Lipinski definition) is 0. The lowest BCUT2D eigenvalue weighted by molar-refractivity contribution is 1.45. The molecular weight excluding hydrogens is 148 g/mol. The van der Waals surface area contributed by atoms with Crippen molar-refractivity contribution in [2.45, 2.75) is 13.8 Å². The van der Waals surface area contributed by atoms with E-state index in [4.69, 9.17) is 0 Å². The highest BCUT2D eigenvalue weighted by atomic mass is 14.8. The lowest BCUT2D eigenvalue weighted by Crippen LogP contribution is -1.69. The van der Waals surface area contributed by atoms with Gasteiger partial charge in [0.25, 0.3) is 0 Å². The molecule has 0 spiro atoms. The second kappa shape index (κ2) is 4.44. The van der Waals surface area contributed by atoms with Gasteiger partial charge >= 0.3 is 0 Å². The molecule has 0 saturated carbocycles. The monoisotopic (exact) mass is 160 g/mol. The van der Waals surface area contributed by atoms with Crippen LogP contribution in [0.2, 0.25) is 0 Å². The SMILES string of the molecule is C/C=N/c1ccccc1/N=C/C. The Morgan fingerprint density at radius 1 is 0.917 bits per heavy atom. The minimum atomic E-state index is 0.915. The molecule has 0 heterocycles. The Morgan fingerprint density at radius 3 is 1.67 bits per heavy atom. The van der Waals surface area contributed by atoms with Crippen LogP contribution >= 0.6 is 0 Å². The fraction of sp³-hybridized carbons (Fsp3) is 0.200. The molecular formula is C10H12N2. The van der Waals surface area contributed by atoms with Gasteiger partial charge in [-0.25, -0.2) is 0 Å². The lowest BCUT2D eigenvalue weighted by Gasteiger charge is -1.97. The predicted octanol–water partition coefficient (Wildman–Crippen LogP) is 3.13. The van der Waals surface area contributed by atoms with E-state index < -0.39 is 0 Å². The summed E-state index contributed by atoms with van der Waals surface area (Å²) in [6.07, 6.45) is 3.54. The minimum absolute atomic E-state index is 0.915. The van der Waals surface area contributed by atoms with E-state index in [0.717, 1.165) is 11.4 Å². The molecule has 0 aliphatic rings. The van der Waals surface area contributed by atoms with Crippen molar-refractivity contribution in [3.8, 4) is 0 Å². The molecule has 2 nitrogen and oxygen atoms in total. The van der Waals surface area contributed by atoms with Crippen molar-refractivity contribution in [3.05, 3.63) is 24.3 Å². The van der Waals surface area contributed by atoms with Crippen LogP contribution in [0.3, 0.4) is 0 Å². The average Bonchev–Trinajstić information content (AvgIpc) is 2.09. The van der Waals surface area contributed by atoms with Crippen LogP contribution in [0.15, 0.2) is 34.3 Å². The summed E-state index contributed by atoms with van der Waals surface area (Å²) in [7, 11) is 0. The molecule has 2 heteroatoms. The third-order valence-corrected chi connectivity index (χ3v) is 1.42. The smallest absolute Gasteiger partial charge is 0.0881 e. The van der Waals surface area contributed by atoms with Crippen molar-refractivity contribution in [3.63, 3.8) is 0 Å². The Morgan fingerprint density at radius 2 is 1.33 bits per heavy atom. The molecule has 0 bridgehead atoms. The maximum absolute atomic E-state index is 4.19. The summed E-state index contributed by atoms with van der Waals surface area (Å²) in [5.41, 5.74) is 1.83. The quantitative estimate of drug-likeness (QED) is 0.594. The van der Waals surface area contributed by atoms with E-state index in [1.54, 1.807) is 12.4 Å². The van der Waals surface area contributed by atoms with Gasteiger partial charge in [-0.05, 0) is 26.0 Å². The maximum atomic E-state index is 4.19. The molecule has 0 aliphatic heterocycles. The zero-order valence-electron chi connectivity index (χ0n) is 7.36. The Kier molecular flexibility index (Phi) is 3.20. The topological polar surface area (TPSA) is 24.7 Å². The van der Waals surface area contributed by atoms with Gasteiger partial charge in [-0.15, -0.1) is 0 Å². The number of benzene rings is 1. The average molecular weight is 160 g/mol. The van der Waals surface area contributed by atoms with Crippen LogP contribution in [0.5, 0.6) is 0 Å². The van der Waals surface area contributed by atoms with Gasteiger partial charge in [-0.3, -0.25) is 9.98 Å². The molecule has 0 fully saturated rings. The summed E-state index contributed by atoms with van der Waals surface area (Å²) in [5, 5.41) is 0. The molecule has 0 N–H and O–H groups in total. The Bertz CT molecular complexity index is 269. The molecule has 1 rings (SSSR count). The van der Waals surface area contributed by atoms with Gasteiger partial charge in [0.1, 0.15) is 0 Å². The molecule has 0 radical (unpaired) electrons. The van der Waals surface area contributed by atoms with E-state index in [-0.39, 0.29) is 0 Å². The van der Waals surface area contributed by atoms with Crippen LogP contribution in [0.4, 0.5) is 11.4 Å². The van der Waals surface area contributed by atoms with Crippen LogP contribution in [0.1, 0.15) is 13.8 Å². The van der Waals surface area contributed by atoms with Crippen LogP contribution < -0.4 is 0 Å². The summed E-state index contributed by atoms with van der Waals surface area (Å²) in [6, 6.07) is 7.80. The van der Waals surface area contributed by atoms with Gasteiger partial charge in [-0.2, -0.15) is 0 Å². The molecule has 0 aromatic heterocycles. The summed E-state index contributed by atoms with van der Waals surface area (Å²) < 4.78 is 0. The zero-order valence-corrected chi connectivity index (χ0v) is 7.36. The Labute approximate surface area is 72.7 Å². The molecule has 12 heavy (non-hydrogen) atoms. The number of hydrogen-bond acceptors (Lipinski definition) is 2. The number of para-hydroxylation sites is 2. The van der Waals surface area contributed by atoms with Crippen LogP contribution in [0.25, 0.3) is 0 Å². The van der Waals surface area contributed by atoms with E-state index in [9.17, 15) is 0 Å². The number of aliphatic imine (C=N–C) groups is 2. The lowest BCUT2D eigenvalue weighted by atomic mass is 10.3. The standard InChI is InChI=1S/C10H12N2/c1-3-11-9-7-5-6-8-10(9)12-4-2/h3-8H,1-2H3/b11-3+,12-4+. The number of rotatable bonds is 2. The van der Waals surface area contributed by atoms with Crippen LogP contribution in [-0.2, 0) is 0 Å². The summed E-state index contributed by atoms with van der Waals surface area (Å²) >= 11 is 0. The molecule has 0 unspecified atom stereocenters. The third kappa shape index (κ3) is 2.02. The highest BCUT2D eigenvalue weighted by Gasteiger charge is 1.93. The first-order valence-corrected chi connectivity index (χ1v) is 3.95. The molecule has 62 valence electrons. The van der Waals surface area contributed by atoms with Crippen molar-refractivity contribution in [1.29, 1.82) is 0 Å². The van der Waals surface area contributed by atoms with Gasteiger partial charge in [-0.1, -0.05) is 12.1 Å². The third-order valence-electron chi connectivity index (χ3n) is 1.42. The summed E-state index contributed by atoms with van der Waals surface area (Å²) in [6.45, 7) is 3.79. The summed E-state index contributed by atoms with van der Waals surface area (Å²) in [5.74, 6) is 0. The van der Waals surface area contributed by atoms with E-state index in [0.29, 0.717) is 0 Å². The molecule has 0 amide bonds. The molecule has 0 saturated heterocycles. The van der Waals surface area contributed by atoms with Crippen molar-refractivity contribution < 1.29 is 0 Å². The predicted molar refractivity (Wildman–Crippen MR) is 54.1 cm³/mol. The van der Waals surface area contributed by atoms with Crippen LogP contribution in [-0.4, -0.2) is 12.4 Å². The Balaban J connectivity index is 3.08. The van der Waals surface area contributed by atoms with Gasteiger partial charge in [0.15, 0.2) is 0 Å². The molecule has 1 aromatic rings. The van der Waals surface area contributed by atoms with Crippen molar-refractivity contribution in [1.82, 2.24) is 0 Å². The first-order valence-electron chi connectivity index (χ1n) is 3.95. The van der Waals surface area contributed by atoms with E-state index in [1.807, 2.05) is 38.1 Å². The molecule has 0 atom stereocenters. The molecule has 0 aliphatic carbocycles. The fourth-order valence-corrected chi connectivity index (χ4v) is 0.961. The second-order valence-corrected chi connectivity index (χ2v) is 2.26. The fourth-order valence-electron chi connectivity index (χ4n) is 0.961.